The van der Waals surface area contributed by atoms with Gasteiger partial charge in [-0.3, -0.25) is 4.79 Å². The molecule has 23 heavy (non-hydrogen) atoms. The van der Waals surface area contributed by atoms with Gasteiger partial charge in [0, 0.05) is 38.1 Å². The highest BCUT2D eigenvalue weighted by Crippen LogP contribution is 2.15. The number of para-hydroxylation sites is 1. The first-order valence-electron chi connectivity index (χ1n) is 7.77. The number of hydrogen-bond donors (Lipinski definition) is 1. The Hall–Kier alpha value is -2.47. The molecule has 0 unspecified atom stereocenters. The summed E-state index contributed by atoms with van der Waals surface area (Å²) in [5.74, 6) is 0.410. The van der Waals surface area contributed by atoms with E-state index in [9.17, 15) is 4.79 Å². The fraction of sp³-hybridized carbons (Fsp3) is 0.353. The van der Waals surface area contributed by atoms with E-state index in [-0.39, 0.29) is 5.91 Å². The molecule has 1 fully saturated rings. The van der Waals surface area contributed by atoms with Crippen molar-refractivity contribution in [2.24, 2.45) is 0 Å². The summed E-state index contributed by atoms with van der Waals surface area (Å²) in [6, 6.07) is 9.34. The van der Waals surface area contributed by atoms with E-state index >= 15 is 0 Å². The number of likely N-dealkylation sites (N-methyl/N-ethyl adjacent to an activating group) is 1. The second kappa shape index (κ2) is 6.75. The van der Waals surface area contributed by atoms with Crippen molar-refractivity contribution in [3.05, 3.63) is 47.8 Å². The molecule has 1 aromatic carbocycles. The number of aryl methyl sites for hydroxylation is 1. The Labute approximate surface area is 136 Å². The molecule has 1 aromatic heterocycles. The summed E-state index contributed by atoms with van der Waals surface area (Å²) in [7, 11) is 2.10. The van der Waals surface area contributed by atoms with Crippen molar-refractivity contribution >= 4 is 17.5 Å². The topological polar surface area (TPSA) is 61.4 Å². The molecule has 3 rings (SSSR count). The number of nitrogens with one attached hydrogen (secondary N) is 1. The lowest BCUT2D eigenvalue weighted by molar-refractivity contribution is 0.102. The van der Waals surface area contributed by atoms with Crippen LogP contribution >= 0.6 is 0 Å². The second-order valence-electron chi connectivity index (χ2n) is 5.80. The third-order valence-electron chi connectivity index (χ3n) is 4.05. The van der Waals surface area contributed by atoms with Crippen molar-refractivity contribution in [3.8, 4) is 0 Å². The van der Waals surface area contributed by atoms with E-state index in [1.807, 2.05) is 31.2 Å². The molecule has 0 radical (unpaired) electrons. The monoisotopic (exact) mass is 311 g/mol. The smallest absolute Gasteiger partial charge is 0.274 e. The van der Waals surface area contributed by atoms with Crippen LogP contribution in [0.1, 0.15) is 16.1 Å². The van der Waals surface area contributed by atoms with Crippen molar-refractivity contribution in [3.63, 3.8) is 0 Å². The molecular weight excluding hydrogens is 290 g/mol. The average molecular weight is 311 g/mol. The summed E-state index contributed by atoms with van der Waals surface area (Å²) in [4.78, 5) is 25.6. The number of carbonyl (C=O) groups is 1. The standard InChI is InChI=1S/C17H21N5O/c1-13-5-3-4-6-14(13)19-16(23)15-7-8-18-17(20-15)22-11-9-21(2)10-12-22/h3-8H,9-12H2,1-2H3,(H,19,23). The van der Waals surface area contributed by atoms with Crippen LogP contribution < -0.4 is 10.2 Å². The number of carbonyl (C=O) groups excluding carboxylic acids is 1. The summed E-state index contributed by atoms with van der Waals surface area (Å²) >= 11 is 0. The second-order valence-corrected chi connectivity index (χ2v) is 5.80. The maximum absolute atomic E-state index is 12.4. The molecule has 2 heterocycles. The minimum Gasteiger partial charge on any atom is -0.338 e. The van der Waals surface area contributed by atoms with Gasteiger partial charge in [-0.2, -0.15) is 0 Å². The van der Waals surface area contributed by atoms with Crippen LogP contribution in [0.25, 0.3) is 0 Å². The normalized spacial score (nSPS) is 15.5. The maximum Gasteiger partial charge on any atom is 0.274 e. The first-order valence-corrected chi connectivity index (χ1v) is 7.77. The Morgan fingerprint density at radius 3 is 2.61 bits per heavy atom. The summed E-state index contributed by atoms with van der Waals surface area (Å²) in [6.45, 7) is 5.66. The van der Waals surface area contributed by atoms with Gasteiger partial charge in [0.05, 0.1) is 0 Å². The Kier molecular flexibility index (Phi) is 4.52. The molecule has 1 N–H and O–H groups in total. The zero-order chi connectivity index (χ0) is 16.2. The molecule has 120 valence electrons. The fourth-order valence-electron chi connectivity index (χ4n) is 2.53. The molecule has 1 aliphatic rings. The van der Waals surface area contributed by atoms with Crippen molar-refractivity contribution in [2.45, 2.75) is 6.92 Å². The van der Waals surface area contributed by atoms with Gasteiger partial charge in [0.15, 0.2) is 0 Å². The Balaban J connectivity index is 1.74. The lowest BCUT2D eigenvalue weighted by Gasteiger charge is -2.32. The first kappa shape index (κ1) is 15.4. The van der Waals surface area contributed by atoms with Gasteiger partial charge in [0.2, 0.25) is 5.95 Å². The van der Waals surface area contributed by atoms with Crippen LogP contribution in [0.4, 0.5) is 11.6 Å². The van der Waals surface area contributed by atoms with Crippen LogP contribution in [0.5, 0.6) is 0 Å². The Morgan fingerprint density at radius 2 is 1.87 bits per heavy atom. The lowest BCUT2D eigenvalue weighted by atomic mass is 10.2. The quantitative estimate of drug-likeness (QED) is 0.936. The number of anilines is 2. The highest BCUT2D eigenvalue weighted by molar-refractivity contribution is 6.03. The van der Waals surface area contributed by atoms with Gasteiger partial charge >= 0.3 is 0 Å². The molecule has 2 aromatic rings. The minimum atomic E-state index is -0.211. The van der Waals surface area contributed by atoms with E-state index in [4.69, 9.17) is 0 Å². The van der Waals surface area contributed by atoms with Gasteiger partial charge in [0.25, 0.3) is 5.91 Å². The Morgan fingerprint density at radius 1 is 1.13 bits per heavy atom. The van der Waals surface area contributed by atoms with Crippen LogP contribution in [0.2, 0.25) is 0 Å². The van der Waals surface area contributed by atoms with E-state index in [0.717, 1.165) is 37.4 Å². The molecule has 1 amide bonds. The summed E-state index contributed by atoms with van der Waals surface area (Å²) in [5, 5.41) is 2.91. The molecule has 6 nitrogen and oxygen atoms in total. The van der Waals surface area contributed by atoms with Crippen LogP contribution in [-0.2, 0) is 0 Å². The van der Waals surface area contributed by atoms with E-state index in [0.29, 0.717) is 11.6 Å². The van der Waals surface area contributed by atoms with E-state index in [2.05, 4.69) is 32.1 Å². The largest absolute Gasteiger partial charge is 0.338 e. The number of amides is 1. The van der Waals surface area contributed by atoms with Gasteiger partial charge in [-0.1, -0.05) is 18.2 Å². The number of piperazine rings is 1. The number of benzene rings is 1. The van der Waals surface area contributed by atoms with E-state index in [1.54, 1.807) is 12.3 Å². The van der Waals surface area contributed by atoms with Gasteiger partial charge in [-0.05, 0) is 31.7 Å². The number of rotatable bonds is 3. The van der Waals surface area contributed by atoms with Crippen molar-refractivity contribution in [1.82, 2.24) is 14.9 Å². The van der Waals surface area contributed by atoms with Crippen LogP contribution in [-0.4, -0.2) is 54.0 Å². The summed E-state index contributed by atoms with van der Waals surface area (Å²) in [5.41, 5.74) is 2.21. The SMILES string of the molecule is Cc1ccccc1NC(=O)c1ccnc(N2CCN(C)CC2)n1. The van der Waals surface area contributed by atoms with Crippen molar-refractivity contribution in [2.75, 3.05) is 43.4 Å². The van der Waals surface area contributed by atoms with Crippen LogP contribution in [0.3, 0.4) is 0 Å². The molecule has 6 heteroatoms. The predicted molar refractivity (Wildman–Crippen MR) is 90.9 cm³/mol. The molecule has 0 aliphatic carbocycles. The molecule has 0 atom stereocenters. The fourth-order valence-corrected chi connectivity index (χ4v) is 2.53. The molecular formula is C17H21N5O. The zero-order valence-corrected chi connectivity index (χ0v) is 13.5. The average Bonchev–Trinajstić information content (AvgIpc) is 2.58. The molecule has 0 bridgehead atoms. The van der Waals surface area contributed by atoms with Gasteiger partial charge in [0.1, 0.15) is 5.69 Å². The predicted octanol–water partition coefficient (Wildman–Crippen LogP) is 1.79. The molecule has 0 saturated carbocycles. The van der Waals surface area contributed by atoms with Gasteiger partial charge in [-0.25, -0.2) is 9.97 Å². The summed E-state index contributed by atoms with van der Waals surface area (Å²) < 4.78 is 0. The first-order chi connectivity index (χ1) is 11.1. The molecule has 1 aliphatic heterocycles. The lowest BCUT2D eigenvalue weighted by Crippen LogP contribution is -2.45. The Bertz CT molecular complexity index is 695. The summed E-state index contributed by atoms with van der Waals surface area (Å²) in [6.07, 6.45) is 1.65. The van der Waals surface area contributed by atoms with E-state index in [1.165, 1.54) is 0 Å². The van der Waals surface area contributed by atoms with Crippen molar-refractivity contribution in [1.29, 1.82) is 0 Å². The number of nitrogens with zero attached hydrogens (tertiary/aromatic N) is 4. The van der Waals surface area contributed by atoms with E-state index < -0.39 is 0 Å². The van der Waals surface area contributed by atoms with Crippen LogP contribution in [0, 0.1) is 6.92 Å². The van der Waals surface area contributed by atoms with Gasteiger partial charge < -0.3 is 15.1 Å². The maximum atomic E-state index is 12.4. The van der Waals surface area contributed by atoms with Crippen molar-refractivity contribution < 1.29 is 4.79 Å². The molecule has 0 spiro atoms. The highest BCUT2D eigenvalue weighted by atomic mass is 16.1. The minimum absolute atomic E-state index is 0.211. The third kappa shape index (κ3) is 3.65. The highest BCUT2D eigenvalue weighted by Gasteiger charge is 2.18. The van der Waals surface area contributed by atoms with Gasteiger partial charge in [-0.15, -0.1) is 0 Å². The number of hydrogen-bond acceptors (Lipinski definition) is 5. The third-order valence-corrected chi connectivity index (χ3v) is 4.05. The van der Waals surface area contributed by atoms with Crippen LogP contribution in [0.15, 0.2) is 36.5 Å². The molecule has 1 saturated heterocycles. The number of aromatic nitrogens is 2. The zero-order valence-electron chi connectivity index (χ0n) is 13.5.